The zero-order valence-corrected chi connectivity index (χ0v) is 9.40. The van der Waals surface area contributed by atoms with Crippen LogP contribution in [0, 0.1) is 5.82 Å². The summed E-state index contributed by atoms with van der Waals surface area (Å²) in [5.41, 5.74) is 0.0954. The Morgan fingerprint density at radius 3 is 2.73 bits per heavy atom. The van der Waals surface area contributed by atoms with Crippen molar-refractivity contribution in [1.82, 2.24) is 14.3 Å². The Labute approximate surface area is 93.1 Å². The Kier molecular flexibility index (Phi) is 2.44. The lowest BCUT2D eigenvalue weighted by Gasteiger charge is -2.00. The lowest BCUT2D eigenvalue weighted by atomic mass is 10.3. The summed E-state index contributed by atoms with van der Waals surface area (Å²) in [4.78, 5) is 11.5. The molecule has 0 saturated carbocycles. The third-order valence-electron chi connectivity index (χ3n) is 1.97. The van der Waals surface area contributed by atoms with Crippen LogP contribution in [0.4, 0.5) is 4.39 Å². The first-order chi connectivity index (χ1) is 7.09. The second-order valence-electron chi connectivity index (χ2n) is 3.03. The summed E-state index contributed by atoms with van der Waals surface area (Å²) in [5, 5.41) is 3.84. The molecule has 0 aliphatic heterocycles. The molecule has 2 rings (SSSR count). The highest BCUT2D eigenvalue weighted by molar-refractivity contribution is 9.10. The molecule has 15 heavy (non-hydrogen) atoms. The van der Waals surface area contributed by atoms with Gasteiger partial charge in [-0.3, -0.25) is 4.57 Å². The molecule has 0 bridgehead atoms. The van der Waals surface area contributed by atoms with E-state index in [1.54, 1.807) is 13.1 Å². The Morgan fingerprint density at radius 2 is 2.20 bits per heavy atom. The summed E-state index contributed by atoms with van der Waals surface area (Å²) < 4.78 is 16.0. The zero-order chi connectivity index (χ0) is 11.0. The van der Waals surface area contributed by atoms with Crippen LogP contribution in [0.25, 0.3) is 5.69 Å². The summed E-state index contributed by atoms with van der Waals surface area (Å²) in [6.45, 7) is 0. The van der Waals surface area contributed by atoms with E-state index in [-0.39, 0.29) is 5.69 Å². The molecule has 4 nitrogen and oxygen atoms in total. The molecule has 0 fully saturated rings. The second kappa shape index (κ2) is 3.62. The summed E-state index contributed by atoms with van der Waals surface area (Å²) in [7, 11) is 1.58. The Morgan fingerprint density at radius 1 is 1.47 bits per heavy atom. The van der Waals surface area contributed by atoms with Crippen LogP contribution >= 0.6 is 15.9 Å². The molecule has 0 amide bonds. The van der Waals surface area contributed by atoms with Crippen LogP contribution in [0.1, 0.15) is 0 Å². The van der Waals surface area contributed by atoms with Crippen molar-refractivity contribution >= 4 is 15.9 Å². The predicted octanol–water partition coefficient (Wildman–Crippen LogP) is 1.47. The molecule has 1 heterocycles. The lowest BCUT2D eigenvalue weighted by molar-refractivity contribution is 0.618. The number of aromatic nitrogens is 3. The van der Waals surface area contributed by atoms with Crippen LogP contribution in [0.3, 0.4) is 0 Å². The Bertz CT molecular complexity index is 561. The van der Waals surface area contributed by atoms with E-state index in [4.69, 9.17) is 0 Å². The minimum Gasteiger partial charge on any atom is -0.284 e. The van der Waals surface area contributed by atoms with E-state index < -0.39 is 5.82 Å². The summed E-state index contributed by atoms with van der Waals surface area (Å²) >= 11 is 3.04. The van der Waals surface area contributed by atoms with Gasteiger partial charge in [0.25, 0.3) is 0 Å². The van der Waals surface area contributed by atoms with Crippen molar-refractivity contribution in [2.24, 2.45) is 7.05 Å². The molecule has 0 aliphatic rings. The standard InChI is InChI=1S/C9H7BrFN3O/c1-13-5-12-14(9(13)15)6-2-3-7(10)8(11)4-6/h2-5H,1H3. The predicted molar refractivity (Wildman–Crippen MR) is 56.5 cm³/mol. The monoisotopic (exact) mass is 271 g/mol. The first-order valence-electron chi connectivity index (χ1n) is 4.15. The summed E-state index contributed by atoms with van der Waals surface area (Å²) in [6, 6.07) is 4.39. The van der Waals surface area contributed by atoms with Crippen molar-refractivity contribution in [2.45, 2.75) is 0 Å². The fourth-order valence-electron chi connectivity index (χ4n) is 1.17. The van der Waals surface area contributed by atoms with E-state index in [9.17, 15) is 9.18 Å². The average molecular weight is 272 g/mol. The van der Waals surface area contributed by atoms with Gasteiger partial charge in [-0.2, -0.15) is 9.78 Å². The fraction of sp³-hybridized carbons (Fsp3) is 0.111. The molecule has 0 saturated heterocycles. The molecule has 6 heteroatoms. The van der Waals surface area contributed by atoms with Crippen molar-refractivity contribution < 1.29 is 4.39 Å². The van der Waals surface area contributed by atoms with E-state index in [0.717, 1.165) is 4.68 Å². The first-order valence-corrected chi connectivity index (χ1v) is 4.95. The molecular formula is C9H7BrFN3O. The minimum absolute atomic E-state index is 0.309. The molecule has 1 aromatic carbocycles. The number of aryl methyl sites for hydroxylation is 1. The third kappa shape index (κ3) is 1.72. The second-order valence-corrected chi connectivity index (χ2v) is 3.89. The number of benzene rings is 1. The highest BCUT2D eigenvalue weighted by Crippen LogP contribution is 2.17. The average Bonchev–Trinajstić information content (AvgIpc) is 2.53. The molecule has 0 unspecified atom stereocenters. The van der Waals surface area contributed by atoms with Crippen LogP contribution in [0.15, 0.2) is 33.8 Å². The van der Waals surface area contributed by atoms with Crippen LogP contribution in [0.5, 0.6) is 0 Å². The quantitative estimate of drug-likeness (QED) is 0.788. The summed E-state index contributed by atoms with van der Waals surface area (Å²) in [6.07, 6.45) is 1.38. The van der Waals surface area contributed by atoms with Crippen molar-refractivity contribution in [3.05, 3.63) is 45.3 Å². The van der Waals surface area contributed by atoms with Crippen LogP contribution in [-0.2, 0) is 7.05 Å². The Balaban J connectivity index is 2.60. The molecule has 0 aliphatic carbocycles. The maximum absolute atomic E-state index is 13.2. The normalized spacial score (nSPS) is 10.6. The molecule has 1 aromatic heterocycles. The van der Waals surface area contributed by atoms with Gasteiger partial charge in [0.2, 0.25) is 0 Å². The highest BCUT2D eigenvalue weighted by Gasteiger charge is 2.06. The molecular weight excluding hydrogens is 265 g/mol. The van der Waals surface area contributed by atoms with Crippen molar-refractivity contribution in [1.29, 1.82) is 0 Å². The van der Waals surface area contributed by atoms with E-state index >= 15 is 0 Å². The van der Waals surface area contributed by atoms with Crippen LogP contribution in [-0.4, -0.2) is 14.3 Å². The van der Waals surface area contributed by atoms with E-state index in [0.29, 0.717) is 10.2 Å². The van der Waals surface area contributed by atoms with Gasteiger partial charge in [-0.15, -0.1) is 0 Å². The highest BCUT2D eigenvalue weighted by atomic mass is 79.9. The maximum atomic E-state index is 13.2. The smallest absolute Gasteiger partial charge is 0.284 e. The van der Waals surface area contributed by atoms with Gasteiger partial charge in [-0.25, -0.2) is 9.18 Å². The van der Waals surface area contributed by atoms with Gasteiger partial charge < -0.3 is 0 Å². The number of rotatable bonds is 1. The molecule has 0 N–H and O–H groups in total. The van der Waals surface area contributed by atoms with Gasteiger partial charge >= 0.3 is 5.69 Å². The molecule has 0 spiro atoms. The van der Waals surface area contributed by atoms with Crippen molar-refractivity contribution in [2.75, 3.05) is 0 Å². The van der Waals surface area contributed by atoms with Crippen LogP contribution < -0.4 is 5.69 Å². The topological polar surface area (TPSA) is 39.8 Å². The lowest BCUT2D eigenvalue weighted by Crippen LogP contribution is -2.21. The largest absolute Gasteiger partial charge is 0.350 e. The van der Waals surface area contributed by atoms with Crippen molar-refractivity contribution in [3.63, 3.8) is 0 Å². The molecule has 2 aromatic rings. The Hall–Kier alpha value is -1.43. The maximum Gasteiger partial charge on any atom is 0.350 e. The van der Waals surface area contributed by atoms with Gasteiger partial charge in [0.15, 0.2) is 0 Å². The van der Waals surface area contributed by atoms with Gasteiger partial charge in [0.05, 0.1) is 10.2 Å². The van der Waals surface area contributed by atoms with Gasteiger partial charge in [0.1, 0.15) is 12.1 Å². The third-order valence-corrected chi connectivity index (χ3v) is 2.61. The summed E-state index contributed by atoms with van der Waals surface area (Å²) in [5.74, 6) is -0.426. The number of hydrogen-bond donors (Lipinski definition) is 0. The zero-order valence-electron chi connectivity index (χ0n) is 7.82. The molecule has 78 valence electrons. The minimum atomic E-state index is -0.426. The van der Waals surface area contributed by atoms with Gasteiger partial charge in [0, 0.05) is 13.1 Å². The van der Waals surface area contributed by atoms with E-state index in [2.05, 4.69) is 21.0 Å². The number of hydrogen-bond acceptors (Lipinski definition) is 2. The van der Waals surface area contributed by atoms with Gasteiger partial charge in [-0.1, -0.05) is 0 Å². The number of nitrogens with zero attached hydrogens (tertiary/aromatic N) is 3. The van der Waals surface area contributed by atoms with Gasteiger partial charge in [-0.05, 0) is 28.1 Å². The van der Waals surface area contributed by atoms with Crippen molar-refractivity contribution in [3.8, 4) is 5.69 Å². The number of halogens is 2. The van der Waals surface area contributed by atoms with E-state index in [1.807, 2.05) is 0 Å². The first kappa shape index (κ1) is 10.1. The van der Waals surface area contributed by atoms with E-state index in [1.165, 1.54) is 23.0 Å². The fourth-order valence-corrected chi connectivity index (χ4v) is 1.42. The molecule has 0 atom stereocenters. The van der Waals surface area contributed by atoms with Crippen LogP contribution in [0.2, 0.25) is 0 Å². The molecule has 0 radical (unpaired) electrons. The SMILES string of the molecule is Cn1cnn(-c2ccc(Br)c(F)c2)c1=O.